The molecule has 1 saturated heterocycles. The first-order valence-corrected chi connectivity index (χ1v) is 9.98. The molecule has 9 heteroatoms. The lowest BCUT2D eigenvalue weighted by molar-refractivity contribution is -0.137. The van der Waals surface area contributed by atoms with Crippen molar-refractivity contribution in [3.8, 4) is 11.4 Å². The van der Waals surface area contributed by atoms with Gasteiger partial charge in [-0.2, -0.15) is 13.2 Å². The highest BCUT2D eigenvalue weighted by Crippen LogP contribution is 2.32. The molecule has 5 nitrogen and oxygen atoms in total. The summed E-state index contributed by atoms with van der Waals surface area (Å²) >= 11 is 5.88. The van der Waals surface area contributed by atoms with Crippen LogP contribution in [0, 0.1) is 0 Å². The van der Waals surface area contributed by atoms with Crippen LogP contribution in [0.25, 0.3) is 11.4 Å². The van der Waals surface area contributed by atoms with Crippen LogP contribution in [-0.4, -0.2) is 47.0 Å². The van der Waals surface area contributed by atoms with Crippen molar-refractivity contribution in [3.63, 3.8) is 0 Å². The van der Waals surface area contributed by atoms with E-state index < -0.39 is 11.7 Å². The second-order valence-corrected chi connectivity index (χ2v) is 7.57. The van der Waals surface area contributed by atoms with E-state index in [4.69, 9.17) is 11.6 Å². The summed E-state index contributed by atoms with van der Waals surface area (Å²) in [4.78, 5) is 24.8. The van der Waals surface area contributed by atoms with E-state index in [9.17, 15) is 18.0 Å². The average Bonchev–Trinajstić information content (AvgIpc) is 2.79. The van der Waals surface area contributed by atoms with Gasteiger partial charge < -0.3 is 9.80 Å². The molecule has 0 atom stereocenters. The molecule has 3 aromatic rings. The summed E-state index contributed by atoms with van der Waals surface area (Å²) in [5, 5.41) is 0.611. The van der Waals surface area contributed by atoms with Crippen LogP contribution in [0.3, 0.4) is 0 Å². The SMILES string of the molecule is O=C(c1cnc(-c2ccc(Cl)cc2)nc1)N1CCN(c2cccc(C(F)(F)F)c2)CC1. The Bertz CT molecular complexity index is 1060. The van der Waals surface area contributed by atoms with Gasteiger partial charge in [0.05, 0.1) is 11.1 Å². The molecule has 1 amide bonds. The molecule has 160 valence electrons. The second kappa shape index (κ2) is 8.55. The number of aromatic nitrogens is 2. The van der Waals surface area contributed by atoms with Crippen LogP contribution in [0.4, 0.5) is 18.9 Å². The number of benzene rings is 2. The highest BCUT2D eigenvalue weighted by Gasteiger charge is 2.31. The van der Waals surface area contributed by atoms with Crippen molar-refractivity contribution in [2.75, 3.05) is 31.1 Å². The summed E-state index contributed by atoms with van der Waals surface area (Å²) in [5.74, 6) is 0.286. The molecule has 0 spiro atoms. The molecule has 0 bridgehead atoms. The lowest BCUT2D eigenvalue weighted by Crippen LogP contribution is -2.48. The Balaban J connectivity index is 1.40. The molecule has 4 rings (SSSR count). The van der Waals surface area contributed by atoms with Gasteiger partial charge in [-0.1, -0.05) is 17.7 Å². The third-order valence-corrected chi connectivity index (χ3v) is 5.36. The number of alkyl halides is 3. The van der Waals surface area contributed by atoms with E-state index in [2.05, 4.69) is 9.97 Å². The molecule has 0 radical (unpaired) electrons. The minimum atomic E-state index is -4.38. The number of hydrogen-bond donors (Lipinski definition) is 0. The van der Waals surface area contributed by atoms with Gasteiger partial charge in [-0.05, 0) is 42.5 Å². The van der Waals surface area contributed by atoms with E-state index >= 15 is 0 Å². The molecule has 0 aliphatic carbocycles. The van der Waals surface area contributed by atoms with Crippen molar-refractivity contribution in [3.05, 3.63) is 77.1 Å². The second-order valence-electron chi connectivity index (χ2n) is 7.13. The lowest BCUT2D eigenvalue weighted by Gasteiger charge is -2.36. The van der Waals surface area contributed by atoms with Gasteiger partial charge in [0.1, 0.15) is 0 Å². The van der Waals surface area contributed by atoms with Gasteiger partial charge >= 0.3 is 6.18 Å². The molecule has 1 aromatic heterocycles. The van der Waals surface area contributed by atoms with Crippen LogP contribution < -0.4 is 4.90 Å². The zero-order chi connectivity index (χ0) is 22.0. The Labute approximate surface area is 182 Å². The number of carbonyl (C=O) groups excluding carboxylic acids is 1. The van der Waals surface area contributed by atoms with Gasteiger partial charge in [0.2, 0.25) is 0 Å². The van der Waals surface area contributed by atoms with Crippen LogP contribution >= 0.6 is 11.6 Å². The normalized spacial score (nSPS) is 14.6. The maximum absolute atomic E-state index is 13.0. The van der Waals surface area contributed by atoms with E-state index in [1.807, 2.05) is 4.90 Å². The number of amides is 1. The first-order valence-electron chi connectivity index (χ1n) is 9.61. The number of nitrogens with zero attached hydrogens (tertiary/aromatic N) is 4. The standard InChI is InChI=1S/C22H18ClF3N4O/c23-18-6-4-15(5-7-18)20-27-13-16(14-28-20)21(31)30-10-8-29(9-11-30)19-3-1-2-17(12-19)22(24,25)26/h1-7,12-14H,8-11H2. The van der Waals surface area contributed by atoms with Gasteiger partial charge in [0.15, 0.2) is 5.82 Å². The number of hydrogen-bond acceptors (Lipinski definition) is 4. The minimum absolute atomic E-state index is 0.202. The molecule has 0 saturated carbocycles. The Morgan fingerprint density at radius 3 is 2.19 bits per heavy atom. The molecule has 2 aromatic carbocycles. The van der Waals surface area contributed by atoms with Gasteiger partial charge in [-0.15, -0.1) is 0 Å². The monoisotopic (exact) mass is 446 g/mol. The van der Waals surface area contributed by atoms with E-state index in [1.54, 1.807) is 35.2 Å². The van der Waals surface area contributed by atoms with Crippen molar-refractivity contribution >= 4 is 23.2 Å². The Morgan fingerprint density at radius 1 is 0.935 bits per heavy atom. The van der Waals surface area contributed by atoms with Crippen LogP contribution in [0.2, 0.25) is 5.02 Å². The van der Waals surface area contributed by atoms with Crippen molar-refractivity contribution in [2.24, 2.45) is 0 Å². The first kappa shape index (κ1) is 21.1. The van der Waals surface area contributed by atoms with Crippen molar-refractivity contribution in [2.45, 2.75) is 6.18 Å². The van der Waals surface area contributed by atoms with Crippen LogP contribution in [0.15, 0.2) is 60.9 Å². The summed E-state index contributed by atoms with van der Waals surface area (Å²) < 4.78 is 38.9. The molecule has 1 aliphatic rings. The zero-order valence-electron chi connectivity index (χ0n) is 16.3. The predicted molar refractivity (Wildman–Crippen MR) is 112 cm³/mol. The third-order valence-electron chi connectivity index (χ3n) is 5.11. The van der Waals surface area contributed by atoms with Crippen molar-refractivity contribution < 1.29 is 18.0 Å². The molecule has 1 aliphatic heterocycles. The van der Waals surface area contributed by atoms with Crippen LogP contribution in [0.5, 0.6) is 0 Å². The largest absolute Gasteiger partial charge is 0.416 e. The quantitative estimate of drug-likeness (QED) is 0.581. The number of anilines is 1. The summed E-state index contributed by atoms with van der Waals surface area (Å²) in [6.45, 7) is 1.68. The van der Waals surface area contributed by atoms with Crippen LogP contribution in [0.1, 0.15) is 15.9 Å². The third kappa shape index (κ3) is 4.80. The molecule has 0 N–H and O–H groups in total. The Hall–Kier alpha value is -3.13. The molecular weight excluding hydrogens is 429 g/mol. The van der Waals surface area contributed by atoms with Gasteiger partial charge in [-0.3, -0.25) is 4.79 Å². The Morgan fingerprint density at radius 2 is 1.58 bits per heavy atom. The number of rotatable bonds is 3. The van der Waals surface area contributed by atoms with Gasteiger partial charge in [0, 0.05) is 54.8 Å². The summed E-state index contributed by atoms with van der Waals surface area (Å²) in [7, 11) is 0. The summed E-state index contributed by atoms with van der Waals surface area (Å²) in [6.07, 6.45) is -1.41. The highest BCUT2D eigenvalue weighted by atomic mass is 35.5. The van der Waals surface area contributed by atoms with Crippen LogP contribution in [-0.2, 0) is 6.18 Å². The van der Waals surface area contributed by atoms with Gasteiger partial charge in [-0.25, -0.2) is 9.97 Å². The molecule has 31 heavy (non-hydrogen) atoms. The average molecular weight is 447 g/mol. The molecule has 0 unspecified atom stereocenters. The maximum Gasteiger partial charge on any atom is 0.416 e. The van der Waals surface area contributed by atoms with E-state index in [1.165, 1.54) is 18.5 Å². The number of piperazine rings is 1. The predicted octanol–water partition coefficient (Wildman–Crippen LogP) is 4.78. The minimum Gasteiger partial charge on any atom is -0.368 e. The van der Waals surface area contributed by atoms with Gasteiger partial charge in [0.25, 0.3) is 5.91 Å². The smallest absolute Gasteiger partial charge is 0.368 e. The number of carbonyl (C=O) groups is 1. The van der Waals surface area contributed by atoms with E-state index in [0.717, 1.165) is 17.7 Å². The zero-order valence-corrected chi connectivity index (χ0v) is 17.1. The lowest BCUT2D eigenvalue weighted by atomic mass is 10.1. The summed E-state index contributed by atoms with van der Waals surface area (Å²) in [6, 6.07) is 12.3. The first-order chi connectivity index (χ1) is 14.8. The van der Waals surface area contributed by atoms with Crippen molar-refractivity contribution in [1.82, 2.24) is 14.9 Å². The van der Waals surface area contributed by atoms with Crippen molar-refractivity contribution in [1.29, 1.82) is 0 Å². The summed E-state index contributed by atoms with van der Waals surface area (Å²) in [5.41, 5.74) is 0.974. The molecule has 2 heterocycles. The fourth-order valence-corrected chi connectivity index (χ4v) is 3.54. The van der Waals surface area contributed by atoms with E-state index in [-0.39, 0.29) is 5.91 Å². The molecule has 1 fully saturated rings. The topological polar surface area (TPSA) is 49.3 Å². The molecular formula is C22H18ClF3N4O. The van der Waals surface area contributed by atoms with E-state index in [0.29, 0.717) is 48.3 Å². The fourth-order valence-electron chi connectivity index (χ4n) is 3.42. The Kier molecular flexibility index (Phi) is 5.82. The number of halogens is 4. The fraction of sp³-hybridized carbons (Fsp3) is 0.227. The maximum atomic E-state index is 13.0. The highest BCUT2D eigenvalue weighted by molar-refractivity contribution is 6.30.